The van der Waals surface area contributed by atoms with E-state index < -0.39 is 5.97 Å². The molecular weight excluding hydrogens is 468 g/mol. The highest BCUT2D eigenvalue weighted by molar-refractivity contribution is 9.10. The van der Waals surface area contributed by atoms with Crippen LogP contribution in [0.15, 0.2) is 70.7 Å². The first-order valence-corrected chi connectivity index (χ1v) is 11.7. The zero-order valence-electron chi connectivity index (χ0n) is 17.8. The van der Waals surface area contributed by atoms with E-state index >= 15 is 0 Å². The van der Waals surface area contributed by atoms with E-state index in [2.05, 4.69) is 27.3 Å². The van der Waals surface area contributed by atoms with Gasteiger partial charge in [-0.3, -0.25) is 4.79 Å². The Morgan fingerprint density at radius 3 is 2.66 bits per heavy atom. The first-order chi connectivity index (χ1) is 15.6. The zero-order valence-corrected chi connectivity index (χ0v) is 19.4. The second-order valence-corrected chi connectivity index (χ2v) is 8.78. The number of hydrogen-bond donors (Lipinski definition) is 1. The number of esters is 1. The second-order valence-electron chi connectivity index (χ2n) is 7.86. The Kier molecular flexibility index (Phi) is 7.32. The number of fused-ring (bicyclic) bond motifs is 1. The van der Waals surface area contributed by atoms with Crippen molar-refractivity contribution in [1.82, 2.24) is 10.3 Å². The topological polar surface area (TPSA) is 68.3 Å². The molecule has 1 amide bonds. The third kappa shape index (κ3) is 5.62. The van der Waals surface area contributed by atoms with Crippen LogP contribution in [-0.2, 0) is 9.53 Å². The van der Waals surface area contributed by atoms with Gasteiger partial charge in [-0.25, -0.2) is 9.78 Å². The van der Waals surface area contributed by atoms with Crippen LogP contribution in [0.3, 0.4) is 0 Å². The molecule has 5 nitrogen and oxygen atoms in total. The van der Waals surface area contributed by atoms with Crippen LogP contribution in [-0.4, -0.2) is 30.0 Å². The number of hydrogen-bond acceptors (Lipinski definition) is 4. The van der Waals surface area contributed by atoms with E-state index in [1.807, 2.05) is 48.5 Å². The Bertz CT molecular complexity index is 1160. The van der Waals surface area contributed by atoms with Gasteiger partial charge in [-0.05, 0) is 56.4 Å². The van der Waals surface area contributed by atoms with Crippen molar-refractivity contribution in [1.29, 1.82) is 0 Å². The summed E-state index contributed by atoms with van der Waals surface area (Å²) in [6.45, 7) is 0.260. The van der Waals surface area contributed by atoms with Crippen LogP contribution in [0.2, 0.25) is 0 Å². The van der Waals surface area contributed by atoms with Crippen LogP contribution in [0.1, 0.15) is 42.5 Å². The van der Waals surface area contributed by atoms with Crippen molar-refractivity contribution in [3.05, 3.63) is 76.3 Å². The van der Waals surface area contributed by atoms with Crippen molar-refractivity contribution in [2.24, 2.45) is 0 Å². The van der Waals surface area contributed by atoms with Gasteiger partial charge in [-0.15, -0.1) is 0 Å². The van der Waals surface area contributed by atoms with Gasteiger partial charge in [-0.1, -0.05) is 57.9 Å². The minimum absolute atomic E-state index is 0.291. The number of nitrogens with zero attached hydrogens (tertiary/aromatic N) is 1. The van der Waals surface area contributed by atoms with Crippen LogP contribution < -0.4 is 5.32 Å². The van der Waals surface area contributed by atoms with Crippen molar-refractivity contribution in [3.63, 3.8) is 0 Å². The Morgan fingerprint density at radius 2 is 1.88 bits per heavy atom. The van der Waals surface area contributed by atoms with Gasteiger partial charge >= 0.3 is 5.97 Å². The van der Waals surface area contributed by atoms with E-state index in [1.165, 1.54) is 18.4 Å². The smallest absolute Gasteiger partial charge is 0.339 e. The maximum atomic E-state index is 12.9. The summed E-state index contributed by atoms with van der Waals surface area (Å²) in [6, 6.07) is 16.9. The molecule has 6 heteroatoms. The van der Waals surface area contributed by atoms with Crippen LogP contribution in [0.4, 0.5) is 0 Å². The molecule has 4 rings (SSSR count). The number of benzene rings is 2. The SMILES string of the molecule is O=C(COC(=O)c1cc(-c2ccc(Br)cc2)nc2ccccc12)NCCC1=CCCCC1. The summed E-state index contributed by atoms with van der Waals surface area (Å²) in [5.74, 6) is -0.826. The minimum Gasteiger partial charge on any atom is -0.452 e. The molecule has 164 valence electrons. The molecule has 0 bridgehead atoms. The molecule has 2 aromatic carbocycles. The summed E-state index contributed by atoms with van der Waals surface area (Å²) in [7, 11) is 0. The monoisotopic (exact) mass is 492 g/mol. The van der Waals surface area contributed by atoms with Crippen LogP contribution in [0.5, 0.6) is 0 Å². The highest BCUT2D eigenvalue weighted by Crippen LogP contribution is 2.26. The molecule has 1 aliphatic carbocycles. The fourth-order valence-electron chi connectivity index (χ4n) is 3.87. The van der Waals surface area contributed by atoms with Crippen LogP contribution in [0, 0.1) is 0 Å². The average Bonchev–Trinajstić information content (AvgIpc) is 2.83. The molecule has 0 unspecified atom stereocenters. The molecule has 1 aliphatic rings. The van der Waals surface area contributed by atoms with Crippen molar-refractivity contribution in [2.45, 2.75) is 32.1 Å². The zero-order chi connectivity index (χ0) is 22.3. The van der Waals surface area contributed by atoms with E-state index in [1.54, 1.807) is 6.07 Å². The number of amides is 1. The first kappa shape index (κ1) is 22.2. The van der Waals surface area contributed by atoms with Crippen molar-refractivity contribution in [2.75, 3.05) is 13.2 Å². The summed E-state index contributed by atoms with van der Waals surface area (Å²) in [6.07, 6.45) is 7.83. The molecule has 0 radical (unpaired) electrons. The van der Waals surface area contributed by atoms with Gasteiger partial charge in [-0.2, -0.15) is 0 Å². The molecule has 1 N–H and O–H groups in total. The summed E-state index contributed by atoms with van der Waals surface area (Å²) in [4.78, 5) is 29.7. The molecular formula is C26H25BrN2O3. The lowest BCUT2D eigenvalue weighted by Crippen LogP contribution is -2.30. The van der Waals surface area contributed by atoms with Crippen molar-refractivity contribution < 1.29 is 14.3 Å². The number of carbonyl (C=O) groups excluding carboxylic acids is 2. The molecule has 0 aliphatic heterocycles. The molecule has 1 aromatic heterocycles. The third-order valence-electron chi connectivity index (χ3n) is 5.56. The summed E-state index contributed by atoms with van der Waals surface area (Å²) in [5, 5.41) is 3.54. The van der Waals surface area contributed by atoms with Crippen molar-refractivity contribution >= 4 is 38.7 Å². The Hall–Kier alpha value is -2.99. The molecule has 32 heavy (non-hydrogen) atoms. The molecule has 3 aromatic rings. The summed E-state index contributed by atoms with van der Waals surface area (Å²) >= 11 is 3.43. The van der Waals surface area contributed by atoms with E-state index in [0.717, 1.165) is 29.3 Å². The number of rotatable bonds is 7. The van der Waals surface area contributed by atoms with Crippen LogP contribution in [0.25, 0.3) is 22.2 Å². The van der Waals surface area contributed by atoms with Gasteiger partial charge in [0.2, 0.25) is 0 Å². The Morgan fingerprint density at radius 1 is 1.06 bits per heavy atom. The number of aromatic nitrogens is 1. The lowest BCUT2D eigenvalue weighted by atomic mass is 9.97. The molecule has 0 fully saturated rings. The van der Waals surface area contributed by atoms with Gasteiger partial charge in [0.1, 0.15) is 0 Å². The normalized spacial score (nSPS) is 13.5. The van der Waals surface area contributed by atoms with E-state index in [9.17, 15) is 9.59 Å². The van der Waals surface area contributed by atoms with Gasteiger partial charge in [0, 0.05) is 22.0 Å². The minimum atomic E-state index is -0.535. The fraction of sp³-hybridized carbons (Fsp3) is 0.269. The molecule has 0 saturated carbocycles. The maximum Gasteiger partial charge on any atom is 0.339 e. The molecule has 0 spiro atoms. The standard InChI is InChI=1S/C26H25BrN2O3/c27-20-12-10-19(11-13-20)24-16-22(21-8-4-5-9-23(21)29-24)26(31)32-17-25(30)28-15-14-18-6-2-1-3-7-18/h4-6,8-13,16H,1-3,7,14-15,17H2,(H,28,30). The predicted molar refractivity (Wildman–Crippen MR) is 129 cm³/mol. The number of halogens is 1. The number of allylic oxidation sites excluding steroid dienone is 1. The quantitative estimate of drug-likeness (QED) is 0.332. The Balaban J connectivity index is 1.43. The average molecular weight is 493 g/mol. The highest BCUT2D eigenvalue weighted by atomic mass is 79.9. The second kappa shape index (κ2) is 10.6. The largest absolute Gasteiger partial charge is 0.452 e. The third-order valence-corrected chi connectivity index (χ3v) is 6.09. The number of para-hydroxylation sites is 1. The van der Waals surface area contributed by atoms with Crippen LogP contribution >= 0.6 is 15.9 Å². The first-order valence-electron chi connectivity index (χ1n) is 10.9. The van der Waals surface area contributed by atoms with Crippen molar-refractivity contribution in [3.8, 4) is 11.3 Å². The number of carbonyl (C=O) groups is 2. The van der Waals surface area contributed by atoms with E-state index in [0.29, 0.717) is 28.7 Å². The summed E-state index contributed by atoms with van der Waals surface area (Å²) in [5.41, 5.74) is 4.06. The Labute approximate surface area is 196 Å². The highest BCUT2D eigenvalue weighted by Gasteiger charge is 2.16. The predicted octanol–water partition coefficient (Wildman–Crippen LogP) is 5.83. The molecule has 0 saturated heterocycles. The molecule has 0 atom stereocenters. The number of nitrogens with one attached hydrogen (secondary N) is 1. The van der Waals surface area contributed by atoms with Gasteiger partial charge in [0.25, 0.3) is 5.91 Å². The number of pyridine rings is 1. The summed E-state index contributed by atoms with van der Waals surface area (Å²) < 4.78 is 6.31. The molecule has 1 heterocycles. The lowest BCUT2D eigenvalue weighted by molar-refractivity contribution is -0.124. The maximum absolute atomic E-state index is 12.9. The van der Waals surface area contributed by atoms with Gasteiger partial charge in [0.05, 0.1) is 16.8 Å². The fourth-order valence-corrected chi connectivity index (χ4v) is 4.13. The van der Waals surface area contributed by atoms with Gasteiger partial charge in [0.15, 0.2) is 6.61 Å². The van der Waals surface area contributed by atoms with E-state index in [-0.39, 0.29) is 12.5 Å². The van der Waals surface area contributed by atoms with Gasteiger partial charge < -0.3 is 10.1 Å². The lowest BCUT2D eigenvalue weighted by Gasteiger charge is -2.13. The van der Waals surface area contributed by atoms with E-state index in [4.69, 9.17) is 9.72 Å². The number of ether oxygens (including phenoxy) is 1.